The Labute approximate surface area is 134 Å². The SMILES string of the molecule is CC(=O)Nc1ccc([I+]c2ccc(COC=N)cc2)cc1. The molecule has 0 fully saturated rings. The summed E-state index contributed by atoms with van der Waals surface area (Å²) in [5.74, 6) is -0.0554. The van der Waals surface area contributed by atoms with Crippen LogP contribution in [-0.2, 0) is 16.1 Å². The van der Waals surface area contributed by atoms with E-state index < -0.39 is 0 Å². The molecule has 21 heavy (non-hydrogen) atoms. The summed E-state index contributed by atoms with van der Waals surface area (Å²) < 4.78 is 7.56. The van der Waals surface area contributed by atoms with Crippen molar-refractivity contribution < 1.29 is 30.7 Å². The molecule has 0 aliphatic rings. The summed E-state index contributed by atoms with van der Waals surface area (Å²) in [6, 6.07) is 16.3. The van der Waals surface area contributed by atoms with Gasteiger partial charge in [-0.25, -0.2) is 0 Å². The molecule has 2 aromatic carbocycles. The number of halogens is 1. The van der Waals surface area contributed by atoms with E-state index in [1.54, 1.807) is 0 Å². The van der Waals surface area contributed by atoms with Gasteiger partial charge in [0.25, 0.3) is 0 Å². The molecular weight excluding hydrogens is 379 g/mol. The Kier molecular flexibility index (Phi) is 5.74. The number of benzene rings is 2. The first kappa shape index (κ1) is 15.5. The van der Waals surface area contributed by atoms with Crippen molar-refractivity contribution >= 4 is 18.0 Å². The minimum absolute atomic E-state index is 0.0554. The minimum atomic E-state index is -0.230. The highest BCUT2D eigenvalue weighted by Crippen LogP contribution is 2.04. The van der Waals surface area contributed by atoms with Crippen LogP contribution in [0.15, 0.2) is 48.5 Å². The molecule has 4 nitrogen and oxygen atoms in total. The highest BCUT2D eigenvalue weighted by atomic mass is 127. The molecule has 0 spiro atoms. The van der Waals surface area contributed by atoms with E-state index in [1.165, 1.54) is 14.1 Å². The van der Waals surface area contributed by atoms with Gasteiger partial charge >= 0.3 is 21.2 Å². The van der Waals surface area contributed by atoms with Crippen molar-refractivity contribution in [3.05, 3.63) is 61.2 Å². The summed E-state index contributed by atoms with van der Waals surface area (Å²) in [6.07, 6.45) is 0.956. The first-order valence-corrected chi connectivity index (χ1v) is 8.55. The second kappa shape index (κ2) is 7.78. The number of rotatable bonds is 6. The van der Waals surface area contributed by atoms with Crippen LogP contribution in [0.4, 0.5) is 5.69 Å². The third-order valence-electron chi connectivity index (χ3n) is 2.63. The molecule has 0 radical (unpaired) electrons. The zero-order valence-corrected chi connectivity index (χ0v) is 13.8. The summed E-state index contributed by atoms with van der Waals surface area (Å²) in [7, 11) is 0. The summed E-state index contributed by atoms with van der Waals surface area (Å²) in [5, 5.41) is 9.60. The molecule has 0 saturated carbocycles. The fourth-order valence-electron chi connectivity index (χ4n) is 1.71. The lowest BCUT2D eigenvalue weighted by Gasteiger charge is -2.00. The van der Waals surface area contributed by atoms with Gasteiger partial charge in [0.15, 0.2) is 13.5 Å². The van der Waals surface area contributed by atoms with Crippen molar-refractivity contribution in [2.45, 2.75) is 13.5 Å². The molecular formula is C16H16IN2O2+. The monoisotopic (exact) mass is 395 g/mol. The van der Waals surface area contributed by atoms with Crippen molar-refractivity contribution in [2.75, 3.05) is 5.32 Å². The van der Waals surface area contributed by atoms with E-state index in [0.29, 0.717) is 6.61 Å². The number of amides is 1. The van der Waals surface area contributed by atoms with Crippen LogP contribution in [0.1, 0.15) is 12.5 Å². The number of ether oxygens (including phenoxy) is 1. The molecule has 0 aliphatic heterocycles. The average Bonchev–Trinajstić information content (AvgIpc) is 2.48. The molecule has 0 saturated heterocycles. The highest BCUT2D eigenvalue weighted by Gasteiger charge is 2.15. The van der Waals surface area contributed by atoms with Crippen LogP contribution in [0.25, 0.3) is 0 Å². The van der Waals surface area contributed by atoms with E-state index in [1.807, 2.05) is 24.3 Å². The van der Waals surface area contributed by atoms with Crippen molar-refractivity contribution in [1.82, 2.24) is 0 Å². The van der Waals surface area contributed by atoms with Crippen LogP contribution in [0.3, 0.4) is 0 Å². The van der Waals surface area contributed by atoms with Gasteiger partial charge in [0.1, 0.15) is 6.61 Å². The quantitative estimate of drug-likeness (QED) is 0.408. The maximum atomic E-state index is 11.0. The van der Waals surface area contributed by atoms with E-state index >= 15 is 0 Å². The van der Waals surface area contributed by atoms with E-state index in [-0.39, 0.29) is 27.1 Å². The van der Waals surface area contributed by atoms with Crippen LogP contribution in [0, 0.1) is 12.5 Å². The van der Waals surface area contributed by atoms with Crippen molar-refractivity contribution in [1.29, 1.82) is 5.41 Å². The Bertz CT molecular complexity index is 609. The minimum Gasteiger partial charge on any atom is -0.479 e. The van der Waals surface area contributed by atoms with Crippen LogP contribution < -0.4 is 26.5 Å². The van der Waals surface area contributed by atoms with Gasteiger partial charge in [-0.2, -0.15) is 0 Å². The lowest BCUT2D eigenvalue weighted by atomic mass is 10.2. The molecule has 0 atom stereocenters. The van der Waals surface area contributed by atoms with E-state index in [0.717, 1.165) is 17.7 Å². The average molecular weight is 395 g/mol. The topological polar surface area (TPSA) is 62.2 Å². The number of hydrogen-bond acceptors (Lipinski definition) is 3. The molecule has 0 heterocycles. The number of nitrogens with one attached hydrogen (secondary N) is 2. The molecule has 1 amide bonds. The molecule has 2 N–H and O–H groups in total. The van der Waals surface area contributed by atoms with Crippen LogP contribution in [0.5, 0.6) is 0 Å². The Morgan fingerprint density at radius 2 is 1.71 bits per heavy atom. The van der Waals surface area contributed by atoms with E-state index in [4.69, 9.17) is 10.1 Å². The lowest BCUT2D eigenvalue weighted by molar-refractivity contribution is -0.597. The summed E-state index contributed by atoms with van der Waals surface area (Å²) in [6.45, 7) is 1.94. The van der Waals surface area contributed by atoms with Gasteiger partial charge in [0.2, 0.25) is 5.91 Å². The first-order valence-electron chi connectivity index (χ1n) is 6.39. The van der Waals surface area contributed by atoms with Crippen LogP contribution in [-0.4, -0.2) is 12.3 Å². The number of carbonyl (C=O) groups is 1. The largest absolute Gasteiger partial charge is 0.479 e. The Morgan fingerprint density at radius 1 is 1.14 bits per heavy atom. The molecule has 2 aromatic rings. The maximum Gasteiger partial charge on any atom is 0.357 e. The van der Waals surface area contributed by atoms with E-state index in [9.17, 15) is 4.79 Å². The van der Waals surface area contributed by atoms with Crippen LogP contribution >= 0.6 is 0 Å². The Balaban J connectivity index is 1.97. The number of carbonyl (C=O) groups excluding carboxylic acids is 1. The molecule has 5 heteroatoms. The van der Waals surface area contributed by atoms with Gasteiger partial charge in [-0.1, -0.05) is 12.1 Å². The molecule has 108 valence electrons. The molecule has 2 rings (SSSR count). The third-order valence-corrected chi connectivity index (χ3v) is 5.31. The Hall–Kier alpha value is -1.89. The third kappa shape index (κ3) is 5.18. The Morgan fingerprint density at radius 3 is 2.24 bits per heavy atom. The normalized spacial score (nSPS) is 9.95. The van der Waals surface area contributed by atoms with Crippen molar-refractivity contribution in [3.63, 3.8) is 0 Å². The number of hydrogen-bond donors (Lipinski definition) is 2. The van der Waals surface area contributed by atoms with Gasteiger partial charge in [0, 0.05) is 12.6 Å². The zero-order chi connectivity index (χ0) is 15.1. The van der Waals surface area contributed by atoms with Gasteiger partial charge in [-0.15, -0.1) is 0 Å². The fourth-order valence-corrected chi connectivity index (χ4v) is 3.86. The molecule has 0 unspecified atom stereocenters. The second-order valence-corrected chi connectivity index (χ2v) is 7.37. The van der Waals surface area contributed by atoms with Crippen molar-refractivity contribution in [2.24, 2.45) is 0 Å². The van der Waals surface area contributed by atoms with E-state index in [2.05, 4.69) is 29.6 Å². The second-order valence-electron chi connectivity index (χ2n) is 4.34. The van der Waals surface area contributed by atoms with Gasteiger partial charge in [-0.3, -0.25) is 10.2 Å². The summed E-state index contributed by atoms with van der Waals surface area (Å²) in [4.78, 5) is 11.0. The predicted molar refractivity (Wildman–Crippen MR) is 78.2 cm³/mol. The highest BCUT2D eigenvalue weighted by molar-refractivity contribution is 5.88. The first-order chi connectivity index (χ1) is 10.2. The van der Waals surface area contributed by atoms with Gasteiger partial charge < -0.3 is 10.1 Å². The predicted octanol–water partition coefficient (Wildman–Crippen LogP) is -0.103. The number of anilines is 1. The fraction of sp³-hybridized carbons (Fsp3) is 0.125. The summed E-state index contributed by atoms with van der Waals surface area (Å²) >= 11 is -0.230. The summed E-state index contributed by atoms with van der Waals surface area (Å²) in [5.41, 5.74) is 1.89. The molecule has 0 bridgehead atoms. The molecule has 0 aromatic heterocycles. The molecule has 0 aliphatic carbocycles. The zero-order valence-electron chi connectivity index (χ0n) is 11.6. The maximum absolute atomic E-state index is 11.0. The van der Waals surface area contributed by atoms with Crippen LogP contribution in [0.2, 0.25) is 0 Å². The van der Waals surface area contributed by atoms with Crippen molar-refractivity contribution in [3.8, 4) is 0 Å². The standard InChI is InChI=1S/C16H15IN2O2/c1-12(20)19-16-8-6-15(7-9-16)17-14-4-2-13(3-5-14)10-21-11-18/h2-9,11,18H,10H2,1H3/p+1. The smallest absolute Gasteiger partial charge is 0.357 e. The van der Waals surface area contributed by atoms with Gasteiger partial charge in [-0.05, 0) is 42.0 Å². The lowest BCUT2D eigenvalue weighted by Crippen LogP contribution is -3.61. The van der Waals surface area contributed by atoms with Gasteiger partial charge in [0.05, 0.1) is 0 Å².